The summed E-state index contributed by atoms with van der Waals surface area (Å²) in [6.45, 7) is 4.42. The Kier molecular flexibility index (Phi) is 4.92. The Labute approximate surface area is 150 Å². The van der Waals surface area contributed by atoms with Crippen LogP contribution >= 0.6 is 0 Å². The van der Waals surface area contributed by atoms with Crippen LogP contribution in [0.1, 0.15) is 48.3 Å². The van der Waals surface area contributed by atoms with Gasteiger partial charge in [-0.3, -0.25) is 0 Å². The van der Waals surface area contributed by atoms with E-state index in [1.54, 1.807) is 9.96 Å². The van der Waals surface area contributed by atoms with Gasteiger partial charge in [-0.1, -0.05) is 0 Å². The summed E-state index contributed by atoms with van der Waals surface area (Å²) in [4.78, 5) is 0. The van der Waals surface area contributed by atoms with Crippen LogP contribution in [0.5, 0.6) is 0 Å². The molecule has 1 nitrogen and oxygen atoms in total. The predicted molar refractivity (Wildman–Crippen MR) is 107 cm³/mol. The number of hydrogen-bond acceptors (Lipinski definition) is 0. The van der Waals surface area contributed by atoms with Gasteiger partial charge >= 0.3 is 150 Å². The van der Waals surface area contributed by atoms with Gasteiger partial charge in [0, 0.05) is 0 Å². The van der Waals surface area contributed by atoms with Crippen molar-refractivity contribution in [2.24, 2.45) is 7.05 Å². The van der Waals surface area contributed by atoms with Gasteiger partial charge in [0.15, 0.2) is 0 Å². The topological polar surface area (TPSA) is 3.88 Å². The van der Waals surface area contributed by atoms with Gasteiger partial charge in [-0.2, -0.15) is 0 Å². The van der Waals surface area contributed by atoms with Crippen LogP contribution in [0, 0.1) is 13.8 Å². The molecular weight excluding hydrogens is 351 g/mol. The molecule has 3 rings (SSSR count). The second-order valence-electron chi connectivity index (χ2n) is 8.69. The van der Waals surface area contributed by atoms with E-state index in [1.165, 1.54) is 48.1 Å². The number of hydrogen-bond donors (Lipinski definition) is 0. The Bertz CT molecular complexity index is 749. The van der Waals surface area contributed by atoms with E-state index in [0.717, 1.165) is 5.92 Å². The van der Waals surface area contributed by atoms with E-state index in [-0.39, 0.29) is 0 Å². The maximum atomic E-state index is 2.54. The van der Waals surface area contributed by atoms with Crippen molar-refractivity contribution in [1.29, 1.82) is 0 Å². The third-order valence-corrected chi connectivity index (χ3v) is 9.83. The van der Waals surface area contributed by atoms with E-state index in [1.807, 2.05) is 0 Å². The molecule has 0 unspecified atom stereocenters. The number of aromatic nitrogens is 1. The summed E-state index contributed by atoms with van der Waals surface area (Å²) in [6, 6.07) is 9.39. The molecule has 1 aromatic carbocycles. The monoisotopic (exact) mass is 384 g/mol. The average molecular weight is 383 g/mol. The zero-order valence-electron chi connectivity index (χ0n) is 16.2. The first-order valence-corrected chi connectivity index (χ1v) is 16.7. The molecule has 1 aliphatic rings. The van der Waals surface area contributed by atoms with Crippen LogP contribution in [-0.4, -0.2) is 13.3 Å². The van der Waals surface area contributed by atoms with Crippen molar-refractivity contribution in [1.82, 2.24) is 0 Å². The van der Waals surface area contributed by atoms with Crippen LogP contribution in [0.2, 0.25) is 17.3 Å². The van der Waals surface area contributed by atoms with Gasteiger partial charge in [0.1, 0.15) is 0 Å². The van der Waals surface area contributed by atoms with Crippen molar-refractivity contribution in [2.75, 3.05) is 0 Å². The van der Waals surface area contributed by atoms with Gasteiger partial charge in [0.25, 0.3) is 0 Å². The molecule has 0 bridgehead atoms. The van der Waals surface area contributed by atoms with Crippen molar-refractivity contribution in [3.63, 3.8) is 0 Å². The molecule has 128 valence electrons. The molecule has 1 fully saturated rings. The molecule has 2 aromatic rings. The molecule has 0 radical (unpaired) electrons. The van der Waals surface area contributed by atoms with Gasteiger partial charge in [-0.15, -0.1) is 0 Å². The molecular formula is C22H32GeN+. The molecule has 0 aliphatic heterocycles. The second kappa shape index (κ2) is 6.67. The van der Waals surface area contributed by atoms with E-state index in [0.29, 0.717) is 0 Å². The van der Waals surface area contributed by atoms with Crippen molar-refractivity contribution in [3.8, 4) is 11.3 Å². The Morgan fingerprint density at radius 1 is 1.00 bits per heavy atom. The van der Waals surface area contributed by atoms with Gasteiger partial charge in [0.2, 0.25) is 0 Å². The van der Waals surface area contributed by atoms with E-state index in [4.69, 9.17) is 0 Å². The fourth-order valence-corrected chi connectivity index (χ4v) is 7.85. The van der Waals surface area contributed by atoms with Gasteiger partial charge < -0.3 is 0 Å². The summed E-state index contributed by atoms with van der Waals surface area (Å²) in [7, 11) is 2.23. The summed E-state index contributed by atoms with van der Waals surface area (Å²) in [6.07, 6.45) is 8.04. The zero-order valence-corrected chi connectivity index (χ0v) is 18.3. The quantitative estimate of drug-likeness (QED) is 0.519. The molecule has 24 heavy (non-hydrogen) atoms. The Morgan fingerprint density at radius 3 is 2.25 bits per heavy atom. The third kappa shape index (κ3) is 3.47. The van der Waals surface area contributed by atoms with Crippen LogP contribution in [-0.2, 0) is 7.05 Å². The first kappa shape index (κ1) is 17.7. The van der Waals surface area contributed by atoms with E-state index in [9.17, 15) is 0 Å². The Morgan fingerprint density at radius 2 is 1.67 bits per heavy atom. The van der Waals surface area contributed by atoms with E-state index < -0.39 is 13.3 Å². The zero-order chi connectivity index (χ0) is 17.5. The van der Waals surface area contributed by atoms with Crippen molar-refractivity contribution in [3.05, 3.63) is 47.2 Å². The summed E-state index contributed by atoms with van der Waals surface area (Å²) < 4.78 is 4.08. The van der Waals surface area contributed by atoms with Gasteiger partial charge in [-0.05, 0) is 0 Å². The van der Waals surface area contributed by atoms with Crippen molar-refractivity contribution in [2.45, 2.75) is 62.7 Å². The van der Waals surface area contributed by atoms with E-state index >= 15 is 0 Å². The molecule has 1 aliphatic carbocycles. The van der Waals surface area contributed by atoms with Gasteiger partial charge in [0.05, 0.1) is 0 Å². The average Bonchev–Trinajstić information content (AvgIpc) is 3.01. The summed E-state index contributed by atoms with van der Waals surface area (Å²) >= 11 is -1.88. The third-order valence-electron chi connectivity index (χ3n) is 5.57. The van der Waals surface area contributed by atoms with Crippen LogP contribution in [0.3, 0.4) is 0 Å². The molecule has 0 saturated heterocycles. The van der Waals surface area contributed by atoms with Crippen LogP contribution in [0.25, 0.3) is 11.3 Å². The molecule has 1 aromatic heterocycles. The normalized spacial score (nSPS) is 15.9. The number of aryl methyl sites for hydroxylation is 3. The predicted octanol–water partition coefficient (Wildman–Crippen LogP) is 5.00. The number of benzene rings is 1. The number of rotatable bonds is 3. The number of pyridine rings is 1. The number of nitrogens with zero attached hydrogens (tertiary/aromatic N) is 1. The SMILES string of the molecule is Cc1ccc(-c2cc(C3CCCC3)[c]([Ge]([CH3])([CH3])[CH3])c[n+]2C)c(C)c1. The molecule has 1 saturated carbocycles. The maximum absolute atomic E-state index is 2.54. The molecule has 1 heterocycles. The first-order valence-electron chi connectivity index (χ1n) is 9.39. The standard InChI is InChI=1S/C22H32GeN/c1-16-11-12-19(17(2)13-16)22-14-20(18-9-7-8-10-18)21(15-24(22)6)23(3,4)5/h11-15,18H,7-10H2,1-6H3/q+1. The molecule has 2 heteroatoms. The van der Waals surface area contributed by atoms with Crippen molar-refractivity contribution < 1.29 is 4.57 Å². The molecule has 0 spiro atoms. The fraction of sp³-hybridized carbons (Fsp3) is 0.500. The van der Waals surface area contributed by atoms with Crippen LogP contribution in [0.4, 0.5) is 0 Å². The Hall–Kier alpha value is -1.09. The summed E-state index contributed by atoms with van der Waals surface area (Å²) in [5.74, 6) is 8.38. The first-order chi connectivity index (χ1) is 11.3. The molecule has 0 amide bonds. The molecule has 0 atom stereocenters. The summed E-state index contributed by atoms with van der Waals surface area (Å²) in [5, 5.41) is 0. The minimum absolute atomic E-state index is 0.788. The van der Waals surface area contributed by atoms with Crippen molar-refractivity contribution >= 4 is 17.7 Å². The van der Waals surface area contributed by atoms with Gasteiger partial charge in [-0.25, -0.2) is 0 Å². The summed E-state index contributed by atoms with van der Waals surface area (Å²) in [5.41, 5.74) is 7.16. The molecule has 0 N–H and O–H groups in total. The second-order valence-corrected chi connectivity index (χ2v) is 19.3. The van der Waals surface area contributed by atoms with Crippen LogP contribution < -0.4 is 8.96 Å². The van der Waals surface area contributed by atoms with E-state index in [2.05, 4.69) is 73.2 Å². The fourth-order valence-electron chi connectivity index (χ4n) is 4.23. The minimum atomic E-state index is -1.88. The Balaban J connectivity index is 2.19. The van der Waals surface area contributed by atoms with Crippen LogP contribution in [0.15, 0.2) is 30.5 Å².